The second kappa shape index (κ2) is 6.58. The number of nitrogens with one attached hydrogen (secondary N) is 1. The third-order valence-corrected chi connectivity index (χ3v) is 3.51. The molecule has 0 aliphatic carbocycles. The molecule has 16 heavy (non-hydrogen) atoms. The molecule has 1 rings (SSSR count). The van der Waals surface area contributed by atoms with E-state index in [1.807, 2.05) is 0 Å². The predicted molar refractivity (Wildman–Crippen MR) is 68.5 cm³/mol. The van der Waals surface area contributed by atoms with Crippen LogP contribution in [0.1, 0.15) is 46.5 Å². The molecule has 0 spiro atoms. The molecule has 3 N–H and O–H groups in total. The Morgan fingerprint density at radius 1 is 1.44 bits per heavy atom. The van der Waals surface area contributed by atoms with E-state index in [0.717, 1.165) is 39.0 Å². The highest BCUT2D eigenvalue weighted by molar-refractivity contribution is 4.83. The molecule has 1 heterocycles. The third-order valence-electron chi connectivity index (χ3n) is 3.51. The summed E-state index contributed by atoms with van der Waals surface area (Å²) >= 11 is 0. The smallest absolute Gasteiger partial charge is 0.0613 e. The molecule has 0 radical (unpaired) electrons. The largest absolute Gasteiger partial charge is 0.378 e. The molecular weight excluding hydrogens is 200 g/mol. The van der Waals surface area contributed by atoms with E-state index in [9.17, 15) is 0 Å². The summed E-state index contributed by atoms with van der Waals surface area (Å²) in [6, 6.07) is 0. The van der Waals surface area contributed by atoms with E-state index in [2.05, 4.69) is 26.1 Å². The van der Waals surface area contributed by atoms with Crippen LogP contribution in [0.5, 0.6) is 0 Å². The highest BCUT2D eigenvalue weighted by Gasteiger charge is 2.26. The summed E-state index contributed by atoms with van der Waals surface area (Å²) in [5, 5.41) is 3.51. The second-order valence-corrected chi connectivity index (χ2v) is 5.40. The third kappa shape index (κ3) is 4.40. The Hall–Kier alpha value is -0.120. The van der Waals surface area contributed by atoms with Crippen molar-refractivity contribution in [2.75, 3.05) is 19.7 Å². The van der Waals surface area contributed by atoms with Crippen LogP contribution in [-0.2, 0) is 4.74 Å². The lowest BCUT2D eigenvalue weighted by atomic mass is 9.96. The Balaban J connectivity index is 2.19. The minimum Gasteiger partial charge on any atom is -0.378 e. The minimum atomic E-state index is -0.0596. The van der Waals surface area contributed by atoms with Gasteiger partial charge >= 0.3 is 0 Å². The first-order valence-corrected chi connectivity index (χ1v) is 6.70. The van der Waals surface area contributed by atoms with E-state index < -0.39 is 0 Å². The summed E-state index contributed by atoms with van der Waals surface area (Å²) < 4.78 is 5.67. The summed E-state index contributed by atoms with van der Waals surface area (Å²) in [5.74, 6) is 0.683. The maximum atomic E-state index is 6.19. The first kappa shape index (κ1) is 13.9. The molecule has 1 fully saturated rings. The summed E-state index contributed by atoms with van der Waals surface area (Å²) in [7, 11) is 0. The van der Waals surface area contributed by atoms with Gasteiger partial charge in [0, 0.05) is 25.2 Å². The topological polar surface area (TPSA) is 47.3 Å². The van der Waals surface area contributed by atoms with E-state index in [0.29, 0.717) is 12.0 Å². The monoisotopic (exact) mass is 228 g/mol. The normalized spacial score (nSPS) is 29.2. The van der Waals surface area contributed by atoms with E-state index in [1.54, 1.807) is 0 Å². The van der Waals surface area contributed by atoms with E-state index in [-0.39, 0.29) is 5.54 Å². The Morgan fingerprint density at radius 2 is 2.19 bits per heavy atom. The molecular formula is C13H28N2O. The van der Waals surface area contributed by atoms with Crippen molar-refractivity contribution in [3.63, 3.8) is 0 Å². The quantitative estimate of drug-likeness (QED) is 0.700. The zero-order valence-corrected chi connectivity index (χ0v) is 11.1. The summed E-state index contributed by atoms with van der Waals surface area (Å²) in [6.07, 6.45) is 5.02. The summed E-state index contributed by atoms with van der Waals surface area (Å²) in [5.41, 5.74) is 6.13. The van der Waals surface area contributed by atoms with Gasteiger partial charge in [0.1, 0.15) is 0 Å². The molecule has 0 amide bonds. The number of hydrogen-bond donors (Lipinski definition) is 2. The van der Waals surface area contributed by atoms with Crippen LogP contribution in [0.15, 0.2) is 0 Å². The van der Waals surface area contributed by atoms with Gasteiger partial charge in [-0.15, -0.1) is 0 Å². The van der Waals surface area contributed by atoms with Crippen LogP contribution in [-0.4, -0.2) is 31.3 Å². The van der Waals surface area contributed by atoms with Gasteiger partial charge < -0.3 is 15.8 Å². The average Bonchev–Trinajstić information content (AvgIpc) is 2.64. The lowest BCUT2D eigenvalue weighted by Crippen LogP contribution is -2.47. The van der Waals surface area contributed by atoms with Crippen LogP contribution >= 0.6 is 0 Å². The molecule has 0 aromatic heterocycles. The molecule has 3 nitrogen and oxygen atoms in total. The van der Waals surface area contributed by atoms with Crippen molar-refractivity contribution in [2.45, 2.75) is 58.1 Å². The van der Waals surface area contributed by atoms with Gasteiger partial charge in [-0.05, 0) is 32.1 Å². The van der Waals surface area contributed by atoms with Crippen molar-refractivity contribution >= 4 is 0 Å². The molecule has 1 aliphatic heterocycles. The fourth-order valence-corrected chi connectivity index (χ4v) is 2.58. The molecule has 3 unspecified atom stereocenters. The van der Waals surface area contributed by atoms with Crippen LogP contribution in [0, 0.1) is 5.92 Å². The average molecular weight is 228 g/mol. The highest BCUT2D eigenvalue weighted by Crippen LogP contribution is 2.22. The van der Waals surface area contributed by atoms with Gasteiger partial charge in [-0.2, -0.15) is 0 Å². The standard InChI is InChI=1S/C13H28N2O/c1-4-7-13(3,14)10-15-9-11-6-8-16-12(11)5-2/h11-12,15H,4-10,14H2,1-3H3. The number of ether oxygens (including phenoxy) is 1. The Bertz CT molecular complexity index is 194. The van der Waals surface area contributed by atoms with Gasteiger partial charge in [0.05, 0.1) is 6.10 Å². The highest BCUT2D eigenvalue weighted by atomic mass is 16.5. The first-order chi connectivity index (χ1) is 7.59. The van der Waals surface area contributed by atoms with Gasteiger partial charge in [-0.25, -0.2) is 0 Å². The molecule has 0 saturated carbocycles. The van der Waals surface area contributed by atoms with E-state index >= 15 is 0 Å². The molecule has 0 bridgehead atoms. The number of nitrogens with two attached hydrogens (primary N) is 1. The zero-order valence-electron chi connectivity index (χ0n) is 11.1. The number of hydrogen-bond acceptors (Lipinski definition) is 3. The Kier molecular flexibility index (Phi) is 5.73. The van der Waals surface area contributed by atoms with Gasteiger partial charge in [0.25, 0.3) is 0 Å². The molecule has 1 aliphatic rings. The lowest BCUT2D eigenvalue weighted by molar-refractivity contribution is 0.0869. The fourth-order valence-electron chi connectivity index (χ4n) is 2.58. The van der Waals surface area contributed by atoms with Gasteiger partial charge in [-0.3, -0.25) is 0 Å². The maximum Gasteiger partial charge on any atom is 0.0613 e. The van der Waals surface area contributed by atoms with Crippen molar-refractivity contribution in [2.24, 2.45) is 11.7 Å². The second-order valence-electron chi connectivity index (χ2n) is 5.40. The molecule has 1 saturated heterocycles. The van der Waals surface area contributed by atoms with Crippen LogP contribution in [0.3, 0.4) is 0 Å². The predicted octanol–water partition coefficient (Wildman–Crippen LogP) is 1.91. The van der Waals surface area contributed by atoms with Crippen LogP contribution in [0.25, 0.3) is 0 Å². The molecule has 3 heteroatoms. The first-order valence-electron chi connectivity index (χ1n) is 6.70. The molecule has 3 atom stereocenters. The van der Waals surface area contributed by atoms with E-state index in [4.69, 9.17) is 10.5 Å². The summed E-state index contributed by atoms with van der Waals surface area (Å²) in [4.78, 5) is 0. The van der Waals surface area contributed by atoms with Gasteiger partial charge in [0.2, 0.25) is 0 Å². The van der Waals surface area contributed by atoms with Crippen LogP contribution < -0.4 is 11.1 Å². The van der Waals surface area contributed by atoms with E-state index in [1.165, 1.54) is 6.42 Å². The minimum absolute atomic E-state index is 0.0596. The van der Waals surface area contributed by atoms with Gasteiger partial charge in [0.15, 0.2) is 0 Å². The lowest BCUT2D eigenvalue weighted by Gasteiger charge is -2.26. The van der Waals surface area contributed by atoms with Crippen molar-refractivity contribution in [1.29, 1.82) is 0 Å². The van der Waals surface area contributed by atoms with Crippen LogP contribution in [0.2, 0.25) is 0 Å². The Morgan fingerprint density at radius 3 is 2.81 bits per heavy atom. The zero-order chi connectivity index (χ0) is 12.0. The van der Waals surface area contributed by atoms with Crippen molar-refractivity contribution in [3.8, 4) is 0 Å². The molecule has 0 aromatic carbocycles. The molecule has 0 aromatic rings. The van der Waals surface area contributed by atoms with Crippen molar-refractivity contribution in [3.05, 3.63) is 0 Å². The van der Waals surface area contributed by atoms with Gasteiger partial charge in [-0.1, -0.05) is 20.3 Å². The van der Waals surface area contributed by atoms with Crippen molar-refractivity contribution in [1.82, 2.24) is 5.32 Å². The Labute approximate surface area is 100 Å². The van der Waals surface area contributed by atoms with Crippen molar-refractivity contribution < 1.29 is 4.74 Å². The van der Waals surface area contributed by atoms with Crippen LogP contribution in [0.4, 0.5) is 0 Å². The fraction of sp³-hybridized carbons (Fsp3) is 1.00. The SMILES string of the molecule is CCCC(C)(N)CNCC1CCOC1CC. The molecule has 96 valence electrons. The summed E-state index contributed by atoms with van der Waals surface area (Å²) in [6.45, 7) is 9.41. The number of rotatable bonds is 7. The maximum absolute atomic E-state index is 6.19.